The Morgan fingerprint density at radius 1 is 0.348 bits per heavy atom. The van der Waals surface area contributed by atoms with Gasteiger partial charge in [0, 0.05) is 32.8 Å². The molecule has 2 nitrogen and oxygen atoms in total. The largest absolute Gasteiger partial charge is 0.309 e. The summed E-state index contributed by atoms with van der Waals surface area (Å²) < 4.78 is 2.53. The van der Waals surface area contributed by atoms with Crippen LogP contribution in [0.4, 0.5) is 17.1 Å². The van der Waals surface area contributed by atoms with Crippen molar-refractivity contribution in [3.63, 3.8) is 0 Å². The number of fused-ring (bicyclic) bond motifs is 3. The standard InChI is InChI=1S/C64H58N2/c1-62(2,3)44-27-31-47(32-28-44)65(55-22-16-15-21-50(55)49-20-14-13-19-48(49)41-17-11-10-12-18-41)56-35-25-42-24-34-52-57(36-26-43-23-33-51(56)60(42)61(43)52)66-58-37-29-45(63(4,5)6)39-53(58)54-40-46(64(7,8)9)30-38-59(54)66/h10-40H,1-9H3. The second-order valence-corrected chi connectivity index (χ2v) is 21.5. The minimum absolute atomic E-state index is 0.0285. The summed E-state index contributed by atoms with van der Waals surface area (Å²) >= 11 is 0. The Morgan fingerprint density at radius 3 is 1.44 bits per heavy atom. The molecule has 0 saturated carbocycles. The zero-order valence-corrected chi connectivity index (χ0v) is 39.8. The predicted molar refractivity (Wildman–Crippen MR) is 286 cm³/mol. The molecule has 66 heavy (non-hydrogen) atoms. The quantitative estimate of drug-likeness (QED) is 0.151. The van der Waals surface area contributed by atoms with E-state index >= 15 is 0 Å². The SMILES string of the molecule is CC(C)(C)c1ccc(N(c2ccccc2-c2ccccc2-c2ccccc2)c2ccc3ccc4c(-n5c6ccc(C(C)(C)C)cc6c6cc(C(C)(C)C)ccc65)ccc5ccc2c3c54)cc1. The van der Waals surface area contributed by atoms with E-state index in [9.17, 15) is 0 Å². The molecule has 11 rings (SSSR count). The van der Waals surface area contributed by atoms with Gasteiger partial charge in [-0.1, -0.05) is 196 Å². The van der Waals surface area contributed by atoms with E-state index in [1.807, 2.05) is 0 Å². The predicted octanol–water partition coefficient (Wildman–Crippen LogP) is 18.4. The normalized spacial score (nSPS) is 12.6. The second-order valence-electron chi connectivity index (χ2n) is 21.5. The van der Waals surface area contributed by atoms with Crippen molar-refractivity contribution in [2.75, 3.05) is 4.90 Å². The van der Waals surface area contributed by atoms with Crippen LogP contribution in [0.1, 0.15) is 79.0 Å². The Labute approximate surface area is 390 Å². The molecule has 10 aromatic carbocycles. The minimum atomic E-state index is 0.0285. The van der Waals surface area contributed by atoms with Gasteiger partial charge in [0.25, 0.3) is 0 Å². The van der Waals surface area contributed by atoms with Crippen molar-refractivity contribution in [1.82, 2.24) is 4.57 Å². The zero-order valence-electron chi connectivity index (χ0n) is 39.8. The Kier molecular flexibility index (Phi) is 9.57. The minimum Gasteiger partial charge on any atom is -0.309 e. The third kappa shape index (κ3) is 6.85. The lowest BCUT2D eigenvalue weighted by atomic mass is 9.85. The van der Waals surface area contributed by atoms with Crippen LogP contribution in [0, 0.1) is 0 Å². The Morgan fingerprint density at radius 2 is 0.833 bits per heavy atom. The van der Waals surface area contributed by atoms with Gasteiger partial charge in [0.05, 0.1) is 28.1 Å². The average Bonchev–Trinajstić information content (AvgIpc) is 3.64. The van der Waals surface area contributed by atoms with Crippen LogP contribution < -0.4 is 4.90 Å². The van der Waals surface area contributed by atoms with Gasteiger partial charge in [0.15, 0.2) is 0 Å². The molecule has 0 aliphatic rings. The van der Waals surface area contributed by atoms with Crippen molar-refractivity contribution in [3.8, 4) is 27.9 Å². The van der Waals surface area contributed by atoms with E-state index in [2.05, 4.69) is 260 Å². The molecule has 2 heteroatoms. The highest BCUT2D eigenvalue weighted by Crippen LogP contribution is 2.49. The smallest absolute Gasteiger partial charge is 0.0541 e. The summed E-state index contributed by atoms with van der Waals surface area (Å²) in [5, 5.41) is 10.1. The lowest BCUT2D eigenvalue weighted by Crippen LogP contribution is -2.14. The number of nitrogens with zero attached hydrogens (tertiary/aromatic N) is 2. The molecule has 0 radical (unpaired) electrons. The summed E-state index contributed by atoms with van der Waals surface area (Å²) in [4.78, 5) is 2.50. The van der Waals surface area contributed by atoms with Crippen LogP contribution in [0.15, 0.2) is 188 Å². The number of hydrogen-bond donors (Lipinski definition) is 0. The van der Waals surface area contributed by atoms with Gasteiger partial charge in [0.2, 0.25) is 0 Å². The first-order chi connectivity index (χ1) is 31.6. The summed E-state index contributed by atoms with van der Waals surface area (Å²) in [6.07, 6.45) is 0. The third-order valence-electron chi connectivity index (χ3n) is 14.0. The molecule has 0 amide bonds. The highest BCUT2D eigenvalue weighted by molar-refractivity contribution is 6.27. The first-order valence-corrected chi connectivity index (χ1v) is 23.6. The van der Waals surface area contributed by atoms with Crippen LogP contribution in [0.3, 0.4) is 0 Å². The molecule has 0 aliphatic carbocycles. The molecule has 0 N–H and O–H groups in total. The first-order valence-electron chi connectivity index (χ1n) is 23.6. The van der Waals surface area contributed by atoms with Gasteiger partial charge < -0.3 is 9.47 Å². The molecule has 324 valence electrons. The van der Waals surface area contributed by atoms with Crippen LogP contribution in [0.25, 0.3) is 82.1 Å². The highest BCUT2D eigenvalue weighted by atomic mass is 15.1. The highest BCUT2D eigenvalue weighted by Gasteiger charge is 2.26. The van der Waals surface area contributed by atoms with Gasteiger partial charge in [-0.3, -0.25) is 0 Å². The van der Waals surface area contributed by atoms with Gasteiger partial charge >= 0.3 is 0 Å². The van der Waals surface area contributed by atoms with E-state index in [0.29, 0.717) is 0 Å². The van der Waals surface area contributed by atoms with Crippen molar-refractivity contribution < 1.29 is 0 Å². The summed E-state index contributed by atoms with van der Waals surface area (Å²) in [5.41, 5.74) is 16.0. The van der Waals surface area contributed by atoms with E-state index in [0.717, 1.165) is 17.1 Å². The number of hydrogen-bond acceptors (Lipinski definition) is 1. The van der Waals surface area contributed by atoms with Crippen LogP contribution >= 0.6 is 0 Å². The lowest BCUT2D eigenvalue weighted by molar-refractivity contribution is 0.590. The fraction of sp³-hybridized carbons (Fsp3) is 0.188. The van der Waals surface area contributed by atoms with Crippen LogP contribution in [0.2, 0.25) is 0 Å². The second kappa shape index (κ2) is 15.2. The maximum atomic E-state index is 2.53. The molecule has 0 saturated heterocycles. The van der Waals surface area contributed by atoms with Crippen molar-refractivity contribution in [1.29, 1.82) is 0 Å². The average molecular weight is 855 g/mol. The molecule has 0 atom stereocenters. The van der Waals surface area contributed by atoms with Gasteiger partial charge in [-0.2, -0.15) is 0 Å². The fourth-order valence-electron chi connectivity index (χ4n) is 10.4. The molecule has 1 heterocycles. The van der Waals surface area contributed by atoms with Gasteiger partial charge in [-0.05, 0) is 126 Å². The molecule has 0 aliphatic heterocycles. The summed E-state index contributed by atoms with van der Waals surface area (Å²) in [7, 11) is 0. The molecule has 1 aromatic heterocycles. The molecule has 0 fully saturated rings. The van der Waals surface area contributed by atoms with Gasteiger partial charge in [-0.25, -0.2) is 0 Å². The van der Waals surface area contributed by atoms with E-state index in [-0.39, 0.29) is 16.2 Å². The fourth-order valence-corrected chi connectivity index (χ4v) is 10.4. The van der Waals surface area contributed by atoms with E-state index in [4.69, 9.17) is 0 Å². The maximum Gasteiger partial charge on any atom is 0.0541 e. The molecular weight excluding hydrogens is 797 g/mol. The summed E-state index contributed by atoms with van der Waals surface area (Å²) in [5.74, 6) is 0. The number of rotatable bonds is 6. The number of para-hydroxylation sites is 1. The molecular formula is C64H58N2. The van der Waals surface area contributed by atoms with Crippen LogP contribution in [-0.2, 0) is 16.2 Å². The number of aromatic nitrogens is 1. The van der Waals surface area contributed by atoms with Gasteiger partial charge in [-0.15, -0.1) is 0 Å². The molecule has 0 bridgehead atoms. The monoisotopic (exact) mass is 854 g/mol. The Bertz CT molecular complexity index is 3550. The molecule has 0 spiro atoms. The van der Waals surface area contributed by atoms with E-state index < -0.39 is 0 Å². The lowest BCUT2D eigenvalue weighted by Gasteiger charge is -2.31. The molecule has 11 aromatic rings. The number of anilines is 3. The topological polar surface area (TPSA) is 8.17 Å². The van der Waals surface area contributed by atoms with Crippen LogP contribution in [0.5, 0.6) is 0 Å². The maximum absolute atomic E-state index is 2.53. The van der Waals surface area contributed by atoms with Gasteiger partial charge in [0.1, 0.15) is 0 Å². The van der Waals surface area contributed by atoms with E-state index in [1.54, 1.807) is 0 Å². The first kappa shape index (κ1) is 41.5. The zero-order chi connectivity index (χ0) is 45.7. The van der Waals surface area contributed by atoms with Crippen molar-refractivity contribution in [2.24, 2.45) is 0 Å². The molecule has 0 unspecified atom stereocenters. The Balaban J connectivity index is 1.18. The number of benzene rings is 10. The summed E-state index contributed by atoms with van der Waals surface area (Å²) in [6, 6.07) is 70.9. The van der Waals surface area contributed by atoms with Crippen molar-refractivity contribution >= 4 is 71.2 Å². The third-order valence-corrected chi connectivity index (χ3v) is 14.0. The van der Waals surface area contributed by atoms with Crippen molar-refractivity contribution in [2.45, 2.75) is 78.6 Å². The van der Waals surface area contributed by atoms with Crippen LogP contribution in [-0.4, -0.2) is 4.57 Å². The van der Waals surface area contributed by atoms with E-state index in [1.165, 1.54) is 98.8 Å². The summed E-state index contributed by atoms with van der Waals surface area (Å²) in [6.45, 7) is 20.7. The Hall–Kier alpha value is -7.16. The van der Waals surface area contributed by atoms with Crippen molar-refractivity contribution in [3.05, 3.63) is 205 Å².